The van der Waals surface area contributed by atoms with Gasteiger partial charge < -0.3 is 25.0 Å². The number of nitrogens with zero attached hydrogens (tertiary/aromatic N) is 3. The zero-order chi connectivity index (χ0) is 22.2. The lowest BCUT2D eigenvalue weighted by atomic mass is 10.2. The molecule has 0 bridgehead atoms. The molecule has 8 heteroatoms. The first-order chi connectivity index (χ1) is 14.9. The van der Waals surface area contributed by atoms with E-state index >= 15 is 0 Å². The summed E-state index contributed by atoms with van der Waals surface area (Å²) in [6, 6.07) is 11.5. The second-order valence-electron chi connectivity index (χ2n) is 7.88. The van der Waals surface area contributed by atoms with Gasteiger partial charge in [0.25, 0.3) is 0 Å². The van der Waals surface area contributed by atoms with Crippen LogP contribution in [0.2, 0.25) is 5.02 Å². The number of aliphatic imine (C=N–C) groups is 1. The number of aromatic nitrogens is 1. The van der Waals surface area contributed by atoms with Crippen LogP contribution in [0.5, 0.6) is 5.75 Å². The van der Waals surface area contributed by atoms with E-state index in [0.717, 1.165) is 30.2 Å². The highest BCUT2D eigenvalue weighted by Crippen LogP contribution is 2.18. The molecule has 1 fully saturated rings. The molecular formula is C23H32ClN5O2. The molecule has 3 atom stereocenters. The summed E-state index contributed by atoms with van der Waals surface area (Å²) in [6.07, 6.45) is 2.31. The third-order valence-corrected chi connectivity index (χ3v) is 5.20. The highest BCUT2D eigenvalue weighted by atomic mass is 35.5. The molecule has 3 unspecified atom stereocenters. The van der Waals surface area contributed by atoms with Gasteiger partial charge in [-0.3, -0.25) is 4.99 Å². The van der Waals surface area contributed by atoms with Crippen LogP contribution in [0.25, 0.3) is 0 Å². The molecule has 0 amide bonds. The van der Waals surface area contributed by atoms with Gasteiger partial charge in [-0.05, 0) is 56.7 Å². The van der Waals surface area contributed by atoms with Gasteiger partial charge in [0.2, 0.25) is 0 Å². The molecule has 1 aliphatic rings. The second kappa shape index (κ2) is 11.2. The molecule has 2 N–H and O–H groups in total. The largest absolute Gasteiger partial charge is 0.489 e. The highest BCUT2D eigenvalue weighted by Gasteiger charge is 2.22. The van der Waals surface area contributed by atoms with Gasteiger partial charge in [-0.1, -0.05) is 17.7 Å². The van der Waals surface area contributed by atoms with Crippen molar-refractivity contribution in [3.63, 3.8) is 0 Å². The standard InChI is InChI=1S/C23H32ClN5O2/c1-16(31-21-8-6-20(24)7-9-21)11-27-23(25-4)28-13-19-5-10-22(26-12-19)29-14-17(2)30-18(3)15-29/h5-10,12,16-18H,11,13-15H2,1-4H3,(H2,25,27,28). The predicted octanol–water partition coefficient (Wildman–Crippen LogP) is 3.48. The summed E-state index contributed by atoms with van der Waals surface area (Å²) in [4.78, 5) is 11.2. The van der Waals surface area contributed by atoms with Gasteiger partial charge >= 0.3 is 0 Å². The average molecular weight is 446 g/mol. The lowest BCUT2D eigenvalue weighted by molar-refractivity contribution is -0.00545. The Kier molecular flexibility index (Phi) is 8.37. The van der Waals surface area contributed by atoms with Crippen molar-refractivity contribution >= 4 is 23.4 Å². The number of hydrogen-bond acceptors (Lipinski definition) is 5. The van der Waals surface area contributed by atoms with E-state index in [9.17, 15) is 0 Å². The number of rotatable bonds is 7. The zero-order valence-corrected chi connectivity index (χ0v) is 19.4. The summed E-state index contributed by atoms with van der Waals surface area (Å²) >= 11 is 5.91. The van der Waals surface area contributed by atoms with Gasteiger partial charge in [-0.2, -0.15) is 0 Å². The van der Waals surface area contributed by atoms with Crippen molar-refractivity contribution in [1.82, 2.24) is 15.6 Å². The Morgan fingerprint density at radius 1 is 1.19 bits per heavy atom. The fourth-order valence-electron chi connectivity index (χ4n) is 3.51. The Balaban J connectivity index is 1.44. The minimum absolute atomic E-state index is 0.0287. The number of anilines is 1. The maximum absolute atomic E-state index is 5.91. The molecule has 1 aliphatic heterocycles. The van der Waals surface area contributed by atoms with Crippen molar-refractivity contribution in [1.29, 1.82) is 0 Å². The summed E-state index contributed by atoms with van der Waals surface area (Å²) in [6.45, 7) is 9.18. The van der Waals surface area contributed by atoms with Crippen molar-refractivity contribution in [2.75, 3.05) is 31.6 Å². The summed E-state index contributed by atoms with van der Waals surface area (Å²) < 4.78 is 11.7. The van der Waals surface area contributed by atoms with E-state index in [-0.39, 0.29) is 18.3 Å². The molecule has 1 aromatic carbocycles. The third-order valence-electron chi connectivity index (χ3n) is 4.94. The minimum atomic E-state index is -0.0287. The zero-order valence-electron chi connectivity index (χ0n) is 18.6. The number of pyridine rings is 1. The normalized spacial score (nSPS) is 20.3. The Labute approximate surface area is 189 Å². The minimum Gasteiger partial charge on any atom is -0.489 e. The van der Waals surface area contributed by atoms with Crippen LogP contribution < -0.4 is 20.3 Å². The second-order valence-corrected chi connectivity index (χ2v) is 8.31. The van der Waals surface area contributed by atoms with E-state index in [2.05, 4.69) is 51.5 Å². The summed E-state index contributed by atoms with van der Waals surface area (Å²) in [5, 5.41) is 7.30. The number of guanidine groups is 1. The van der Waals surface area contributed by atoms with Gasteiger partial charge in [-0.15, -0.1) is 0 Å². The molecule has 3 rings (SSSR count). The molecule has 1 aromatic heterocycles. The van der Waals surface area contributed by atoms with Crippen molar-refractivity contribution < 1.29 is 9.47 Å². The molecule has 0 radical (unpaired) electrons. The smallest absolute Gasteiger partial charge is 0.191 e. The lowest BCUT2D eigenvalue weighted by Crippen LogP contribution is -2.45. The van der Waals surface area contributed by atoms with Gasteiger partial charge in [0.15, 0.2) is 5.96 Å². The van der Waals surface area contributed by atoms with Crippen LogP contribution in [0.15, 0.2) is 47.6 Å². The van der Waals surface area contributed by atoms with Crippen LogP contribution in [-0.2, 0) is 11.3 Å². The topological polar surface area (TPSA) is 71.0 Å². The number of nitrogens with one attached hydrogen (secondary N) is 2. The van der Waals surface area contributed by atoms with Gasteiger partial charge in [0, 0.05) is 37.9 Å². The lowest BCUT2D eigenvalue weighted by Gasteiger charge is -2.36. The summed E-state index contributed by atoms with van der Waals surface area (Å²) in [7, 11) is 1.75. The Bertz CT molecular complexity index is 834. The number of halogens is 1. The maximum Gasteiger partial charge on any atom is 0.191 e. The van der Waals surface area contributed by atoms with Crippen LogP contribution in [0.4, 0.5) is 5.82 Å². The summed E-state index contributed by atoms with van der Waals surface area (Å²) in [5.74, 6) is 2.49. The Hall–Kier alpha value is -2.51. The van der Waals surface area contributed by atoms with Crippen LogP contribution in [0.1, 0.15) is 26.3 Å². The van der Waals surface area contributed by atoms with Gasteiger partial charge in [0.1, 0.15) is 17.7 Å². The summed E-state index contributed by atoms with van der Waals surface area (Å²) in [5.41, 5.74) is 1.09. The molecule has 7 nitrogen and oxygen atoms in total. The maximum atomic E-state index is 5.91. The van der Waals surface area contributed by atoms with Crippen molar-refractivity contribution in [3.8, 4) is 5.75 Å². The Morgan fingerprint density at radius 3 is 2.52 bits per heavy atom. The molecule has 0 aliphatic carbocycles. The number of morpholine rings is 1. The van der Waals surface area contributed by atoms with Crippen molar-refractivity contribution in [2.24, 2.45) is 4.99 Å². The molecule has 2 heterocycles. The monoisotopic (exact) mass is 445 g/mol. The number of benzene rings is 1. The predicted molar refractivity (Wildman–Crippen MR) is 126 cm³/mol. The van der Waals surface area contributed by atoms with Crippen LogP contribution in [0, 0.1) is 0 Å². The van der Waals surface area contributed by atoms with Crippen LogP contribution in [-0.4, -0.2) is 55.9 Å². The van der Waals surface area contributed by atoms with Crippen LogP contribution in [0.3, 0.4) is 0 Å². The van der Waals surface area contributed by atoms with E-state index in [1.165, 1.54) is 0 Å². The van der Waals surface area contributed by atoms with E-state index in [1.54, 1.807) is 7.05 Å². The molecule has 168 valence electrons. The molecule has 0 saturated carbocycles. The van der Waals surface area contributed by atoms with E-state index in [4.69, 9.17) is 21.1 Å². The average Bonchev–Trinajstić information content (AvgIpc) is 2.75. The molecule has 31 heavy (non-hydrogen) atoms. The quantitative estimate of drug-likeness (QED) is 0.502. The highest BCUT2D eigenvalue weighted by molar-refractivity contribution is 6.30. The molecule has 2 aromatic rings. The first-order valence-corrected chi connectivity index (χ1v) is 11.0. The Morgan fingerprint density at radius 2 is 1.90 bits per heavy atom. The molecule has 1 saturated heterocycles. The van der Waals surface area contributed by atoms with Gasteiger partial charge in [-0.25, -0.2) is 4.98 Å². The number of ether oxygens (including phenoxy) is 2. The van der Waals surface area contributed by atoms with E-state index in [1.807, 2.05) is 37.4 Å². The van der Waals surface area contributed by atoms with E-state index < -0.39 is 0 Å². The van der Waals surface area contributed by atoms with Crippen LogP contribution >= 0.6 is 11.6 Å². The fourth-order valence-corrected chi connectivity index (χ4v) is 3.63. The SMILES string of the molecule is CN=C(NCc1ccc(N2CC(C)OC(C)C2)nc1)NCC(C)Oc1ccc(Cl)cc1. The molecule has 0 spiro atoms. The van der Waals surface area contributed by atoms with Gasteiger partial charge in [0.05, 0.1) is 18.8 Å². The third kappa shape index (κ3) is 7.29. The van der Waals surface area contributed by atoms with E-state index in [0.29, 0.717) is 24.1 Å². The first-order valence-electron chi connectivity index (χ1n) is 10.6. The molecular weight excluding hydrogens is 414 g/mol. The van der Waals surface area contributed by atoms with Crippen molar-refractivity contribution in [2.45, 2.75) is 45.6 Å². The fraction of sp³-hybridized carbons (Fsp3) is 0.478. The first kappa shape index (κ1) is 23.2. The van der Waals surface area contributed by atoms with Crippen molar-refractivity contribution in [3.05, 3.63) is 53.2 Å². The number of hydrogen-bond donors (Lipinski definition) is 2.